The Morgan fingerprint density at radius 3 is 2.39 bits per heavy atom. The van der Waals surface area contributed by atoms with Crippen LogP contribution in [0.4, 0.5) is 0 Å². The van der Waals surface area contributed by atoms with E-state index >= 15 is 0 Å². The fourth-order valence-electron chi connectivity index (χ4n) is 3.75. The molecule has 0 bridgehead atoms. The van der Waals surface area contributed by atoms with Gasteiger partial charge in [0, 0.05) is 13.6 Å². The van der Waals surface area contributed by atoms with Crippen LogP contribution in [0, 0.1) is 13.8 Å². The lowest BCUT2D eigenvalue weighted by atomic mass is 10.1. The minimum atomic E-state index is -0.388. The maximum atomic E-state index is 13.3. The fourth-order valence-corrected chi connectivity index (χ4v) is 3.75. The van der Waals surface area contributed by atoms with Crippen molar-refractivity contribution in [1.29, 1.82) is 0 Å². The smallest absolute Gasteiger partial charge is 0.332 e. The molecule has 7 nitrogen and oxygen atoms in total. The van der Waals surface area contributed by atoms with E-state index in [1.54, 1.807) is 7.05 Å². The van der Waals surface area contributed by atoms with Crippen LogP contribution in [-0.4, -0.2) is 25.3 Å². The quantitative estimate of drug-likeness (QED) is 0.433. The fraction of sp³-hybridized carbons (Fsp3) is 0.292. The first kappa shape index (κ1) is 20.8. The summed E-state index contributed by atoms with van der Waals surface area (Å²) in [5.41, 5.74) is 3.41. The van der Waals surface area contributed by atoms with E-state index in [1.165, 1.54) is 9.13 Å². The van der Waals surface area contributed by atoms with E-state index in [-0.39, 0.29) is 24.4 Å². The molecule has 0 aliphatic rings. The number of rotatable bonds is 7. The number of benzene rings is 2. The van der Waals surface area contributed by atoms with Crippen LogP contribution in [0.25, 0.3) is 11.2 Å². The van der Waals surface area contributed by atoms with E-state index in [4.69, 9.17) is 4.74 Å². The molecule has 160 valence electrons. The second-order valence-corrected chi connectivity index (χ2v) is 7.68. The summed E-state index contributed by atoms with van der Waals surface area (Å²) in [5, 5.41) is 0. The number of hydrogen-bond donors (Lipinski definition) is 0. The molecule has 31 heavy (non-hydrogen) atoms. The van der Waals surface area contributed by atoms with Crippen LogP contribution in [0.1, 0.15) is 22.5 Å². The van der Waals surface area contributed by atoms with E-state index in [0.29, 0.717) is 30.1 Å². The normalized spacial score (nSPS) is 11.3. The Morgan fingerprint density at radius 2 is 1.65 bits per heavy atom. The molecule has 2 aromatic heterocycles. The van der Waals surface area contributed by atoms with Crippen LogP contribution in [0.15, 0.2) is 64.2 Å². The highest BCUT2D eigenvalue weighted by atomic mass is 16.5. The summed E-state index contributed by atoms with van der Waals surface area (Å²) in [6, 6.07) is 17.9. The van der Waals surface area contributed by atoms with Gasteiger partial charge in [0.2, 0.25) is 0 Å². The zero-order valence-corrected chi connectivity index (χ0v) is 18.0. The van der Waals surface area contributed by atoms with E-state index in [1.807, 2.05) is 73.0 Å². The van der Waals surface area contributed by atoms with Crippen molar-refractivity contribution in [3.05, 3.63) is 98.0 Å². The van der Waals surface area contributed by atoms with Crippen LogP contribution in [0.5, 0.6) is 0 Å². The highest BCUT2D eigenvalue weighted by Crippen LogP contribution is 2.15. The average Bonchev–Trinajstić information content (AvgIpc) is 3.10. The zero-order valence-electron chi connectivity index (χ0n) is 18.0. The van der Waals surface area contributed by atoms with E-state index in [2.05, 4.69) is 4.98 Å². The van der Waals surface area contributed by atoms with Gasteiger partial charge in [0.05, 0.1) is 19.8 Å². The Hall–Kier alpha value is -3.45. The van der Waals surface area contributed by atoms with Crippen molar-refractivity contribution in [3.8, 4) is 0 Å². The molecule has 2 aromatic carbocycles. The summed E-state index contributed by atoms with van der Waals surface area (Å²) in [6.45, 7) is 5.30. The zero-order chi connectivity index (χ0) is 22.0. The highest BCUT2D eigenvalue weighted by Gasteiger charge is 2.19. The second kappa shape index (κ2) is 8.73. The third kappa shape index (κ3) is 4.09. The van der Waals surface area contributed by atoms with Crippen molar-refractivity contribution in [2.24, 2.45) is 7.05 Å². The predicted octanol–water partition coefficient (Wildman–Crippen LogP) is 2.78. The molecule has 0 radical (unpaired) electrons. The van der Waals surface area contributed by atoms with Crippen molar-refractivity contribution in [1.82, 2.24) is 18.7 Å². The van der Waals surface area contributed by atoms with Crippen molar-refractivity contribution >= 4 is 11.2 Å². The van der Waals surface area contributed by atoms with Gasteiger partial charge in [-0.25, -0.2) is 9.78 Å². The van der Waals surface area contributed by atoms with Gasteiger partial charge in [0.15, 0.2) is 11.2 Å². The number of hydrogen-bond acceptors (Lipinski definition) is 4. The molecule has 0 N–H and O–H groups in total. The number of fused-ring (bicyclic) bond motifs is 1. The first-order valence-electron chi connectivity index (χ1n) is 10.3. The molecule has 0 aliphatic carbocycles. The van der Waals surface area contributed by atoms with Crippen molar-refractivity contribution in [2.45, 2.75) is 33.5 Å². The van der Waals surface area contributed by atoms with Gasteiger partial charge in [-0.15, -0.1) is 0 Å². The van der Waals surface area contributed by atoms with Gasteiger partial charge in [-0.05, 0) is 30.5 Å². The molecule has 7 heteroatoms. The Morgan fingerprint density at radius 1 is 0.935 bits per heavy atom. The number of aryl methyl sites for hydroxylation is 3. The third-order valence-corrected chi connectivity index (χ3v) is 5.58. The van der Waals surface area contributed by atoms with Gasteiger partial charge in [0.1, 0.15) is 5.82 Å². The largest absolute Gasteiger partial charge is 0.375 e. The van der Waals surface area contributed by atoms with Gasteiger partial charge < -0.3 is 9.30 Å². The lowest BCUT2D eigenvalue weighted by molar-refractivity contribution is 0.111. The van der Waals surface area contributed by atoms with Gasteiger partial charge in [0.25, 0.3) is 5.56 Å². The van der Waals surface area contributed by atoms with E-state index in [9.17, 15) is 9.59 Å². The van der Waals surface area contributed by atoms with Gasteiger partial charge in [-0.1, -0.05) is 54.6 Å². The minimum absolute atomic E-state index is 0.183. The number of aromatic nitrogens is 4. The molecule has 0 saturated heterocycles. The minimum Gasteiger partial charge on any atom is -0.375 e. The monoisotopic (exact) mass is 418 g/mol. The summed E-state index contributed by atoms with van der Waals surface area (Å²) < 4.78 is 10.3. The Labute approximate surface area is 180 Å². The summed E-state index contributed by atoms with van der Waals surface area (Å²) >= 11 is 0. The SMILES string of the molecule is Cc1ccccc1Cn1c(C)nc2c1c(=O)n(CCOCc1ccccc1)c(=O)n2C. The molecule has 2 heterocycles. The van der Waals surface area contributed by atoms with Crippen LogP contribution in [-0.2, 0) is 31.5 Å². The summed E-state index contributed by atoms with van der Waals surface area (Å²) in [7, 11) is 1.65. The predicted molar refractivity (Wildman–Crippen MR) is 120 cm³/mol. The molecule has 4 rings (SSSR count). The van der Waals surface area contributed by atoms with Crippen molar-refractivity contribution in [2.75, 3.05) is 6.61 Å². The molecule has 0 unspecified atom stereocenters. The Kier molecular flexibility index (Phi) is 5.86. The molecule has 0 saturated carbocycles. The molecular weight excluding hydrogens is 392 g/mol. The average molecular weight is 418 g/mol. The van der Waals surface area contributed by atoms with Crippen LogP contribution in [0.3, 0.4) is 0 Å². The topological polar surface area (TPSA) is 71.1 Å². The molecular formula is C24H26N4O3. The van der Waals surface area contributed by atoms with Gasteiger partial charge >= 0.3 is 5.69 Å². The number of ether oxygens (including phenoxy) is 1. The molecule has 0 fully saturated rings. The standard InChI is InChI=1S/C24H26N4O3/c1-17-9-7-8-12-20(17)15-28-18(2)25-22-21(28)23(29)27(24(30)26(22)3)13-14-31-16-19-10-5-4-6-11-19/h4-12H,13-16H2,1-3H3. The number of nitrogens with zero attached hydrogens (tertiary/aromatic N) is 4. The summed E-state index contributed by atoms with van der Waals surface area (Å²) in [6.07, 6.45) is 0. The Balaban J connectivity index is 1.66. The van der Waals surface area contributed by atoms with Gasteiger partial charge in [-0.3, -0.25) is 13.9 Å². The lowest BCUT2D eigenvalue weighted by Crippen LogP contribution is -2.40. The first-order valence-corrected chi connectivity index (χ1v) is 10.3. The van der Waals surface area contributed by atoms with E-state index < -0.39 is 0 Å². The number of imidazole rings is 1. The van der Waals surface area contributed by atoms with Crippen LogP contribution < -0.4 is 11.2 Å². The first-order chi connectivity index (χ1) is 15.0. The molecule has 0 spiro atoms. The van der Waals surface area contributed by atoms with Crippen molar-refractivity contribution in [3.63, 3.8) is 0 Å². The highest BCUT2D eigenvalue weighted by molar-refractivity contribution is 5.71. The summed E-state index contributed by atoms with van der Waals surface area (Å²) in [5.74, 6) is 0.698. The maximum Gasteiger partial charge on any atom is 0.332 e. The van der Waals surface area contributed by atoms with Crippen molar-refractivity contribution < 1.29 is 4.74 Å². The summed E-state index contributed by atoms with van der Waals surface area (Å²) in [4.78, 5) is 30.6. The van der Waals surface area contributed by atoms with E-state index in [0.717, 1.165) is 16.7 Å². The molecule has 4 aromatic rings. The molecule has 0 atom stereocenters. The second-order valence-electron chi connectivity index (χ2n) is 7.68. The lowest BCUT2D eigenvalue weighted by Gasteiger charge is -2.12. The Bertz CT molecular complexity index is 1330. The van der Waals surface area contributed by atoms with Crippen LogP contribution >= 0.6 is 0 Å². The molecule has 0 aliphatic heterocycles. The van der Waals surface area contributed by atoms with Crippen LogP contribution in [0.2, 0.25) is 0 Å². The molecule has 0 amide bonds. The van der Waals surface area contributed by atoms with Gasteiger partial charge in [-0.2, -0.15) is 0 Å². The maximum absolute atomic E-state index is 13.3. The third-order valence-electron chi connectivity index (χ3n) is 5.58.